The van der Waals surface area contributed by atoms with Crippen LogP contribution in [-0.2, 0) is 0 Å². The fourth-order valence-electron chi connectivity index (χ4n) is 4.93. The van der Waals surface area contributed by atoms with E-state index in [0.29, 0.717) is 18.0 Å². The largest absolute Gasteiger partial charge is 0.504 e. The van der Waals surface area contributed by atoms with Gasteiger partial charge in [-0.15, -0.1) is 0 Å². The molecule has 0 saturated carbocycles. The topological polar surface area (TPSA) is 78.9 Å². The van der Waals surface area contributed by atoms with E-state index in [-0.39, 0.29) is 11.7 Å². The van der Waals surface area contributed by atoms with Crippen LogP contribution in [0, 0.1) is 5.92 Å². The summed E-state index contributed by atoms with van der Waals surface area (Å²) in [5.74, 6) is 1.02. The van der Waals surface area contributed by atoms with Gasteiger partial charge < -0.3 is 24.9 Å². The van der Waals surface area contributed by atoms with Crippen molar-refractivity contribution < 1.29 is 14.6 Å². The highest BCUT2D eigenvalue weighted by molar-refractivity contribution is 6.13. The second-order valence-corrected chi connectivity index (χ2v) is 9.04. The molecule has 1 aromatic heterocycles. The second kappa shape index (κ2) is 9.74. The molecule has 0 saturated heterocycles. The molecule has 4 aromatic carbocycles. The highest BCUT2D eigenvalue weighted by Crippen LogP contribution is 2.43. The molecule has 2 heterocycles. The third-order valence-corrected chi connectivity index (χ3v) is 6.77. The van der Waals surface area contributed by atoms with Crippen LogP contribution < -0.4 is 14.8 Å². The highest BCUT2D eigenvalue weighted by atomic mass is 16.5. The molecule has 0 aliphatic carbocycles. The van der Waals surface area contributed by atoms with Gasteiger partial charge >= 0.3 is 0 Å². The van der Waals surface area contributed by atoms with E-state index in [0.717, 1.165) is 39.1 Å². The maximum absolute atomic E-state index is 10.3. The molecule has 1 aliphatic rings. The van der Waals surface area contributed by atoms with Crippen LogP contribution in [0.5, 0.6) is 17.2 Å². The Hall–Kier alpha value is -4.71. The van der Waals surface area contributed by atoms with Crippen molar-refractivity contribution in [3.8, 4) is 17.2 Å². The minimum absolute atomic E-state index is 0.0877. The summed E-state index contributed by atoms with van der Waals surface area (Å²) in [6, 6.07) is 31.6. The first kappa shape index (κ1) is 22.7. The second-order valence-electron chi connectivity index (χ2n) is 9.04. The van der Waals surface area contributed by atoms with Gasteiger partial charge in [0.25, 0.3) is 0 Å². The van der Waals surface area contributed by atoms with Crippen molar-refractivity contribution in [1.82, 2.24) is 4.98 Å². The molecule has 1 aliphatic heterocycles. The highest BCUT2D eigenvalue weighted by Gasteiger charge is 2.35. The fraction of sp³-hybridized carbons (Fsp3) is 0.129. The lowest BCUT2D eigenvalue weighted by Crippen LogP contribution is -2.32. The van der Waals surface area contributed by atoms with Gasteiger partial charge in [0.2, 0.25) is 0 Å². The molecule has 5 aromatic rings. The van der Waals surface area contributed by atoms with E-state index >= 15 is 0 Å². The average molecular weight is 490 g/mol. The number of aliphatic imine (C=N–C) groups is 1. The number of para-hydroxylation sites is 4. The van der Waals surface area contributed by atoms with Crippen LogP contribution in [0.15, 0.2) is 108 Å². The molecule has 6 heteroatoms. The summed E-state index contributed by atoms with van der Waals surface area (Å²) < 4.78 is 12.2. The standard InChI is InChI=1S/C31H27N3O3/c1-36-29-17-20(15-16-27(29)35)31-24(19-32-21-9-3-2-4-10-21)30(34-26-13-7-8-14-28(26)37-31)23-18-33-25-12-6-5-11-22(23)25/h2-18,24,31-33,35H,19H2,1H3. The number of rotatable bonds is 6. The summed E-state index contributed by atoms with van der Waals surface area (Å²) in [4.78, 5) is 8.62. The molecule has 2 atom stereocenters. The lowest BCUT2D eigenvalue weighted by atomic mass is 9.87. The van der Waals surface area contributed by atoms with Crippen LogP contribution in [0.4, 0.5) is 11.4 Å². The number of nitrogens with zero attached hydrogens (tertiary/aromatic N) is 1. The predicted octanol–water partition coefficient (Wildman–Crippen LogP) is 6.86. The number of phenols is 1. The molecule has 0 spiro atoms. The van der Waals surface area contributed by atoms with Crippen LogP contribution in [0.1, 0.15) is 17.2 Å². The predicted molar refractivity (Wildman–Crippen MR) is 147 cm³/mol. The first-order chi connectivity index (χ1) is 18.2. The van der Waals surface area contributed by atoms with Gasteiger partial charge in [0.05, 0.1) is 18.7 Å². The first-order valence-corrected chi connectivity index (χ1v) is 12.3. The molecule has 0 bridgehead atoms. The lowest BCUT2D eigenvalue weighted by molar-refractivity contribution is 0.175. The van der Waals surface area contributed by atoms with Gasteiger partial charge in [-0.1, -0.05) is 54.6 Å². The zero-order valence-corrected chi connectivity index (χ0v) is 20.4. The Labute approximate surface area is 215 Å². The Kier molecular flexibility index (Phi) is 5.98. The normalized spacial score (nSPS) is 16.8. The van der Waals surface area contributed by atoms with Gasteiger partial charge in [0.15, 0.2) is 11.5 Å². The minimum atomic E-state index is -0.401. The van der Waals surface area contributed by atoms with Crippen LogP contribution in [-0.4, -0.2) is 29.5 Å². The quantitative estimate of drug-likeness (QED) is 0.243. The van der Waals surface area contributed by atoms with Crippen molar-refractivity contribution in [2.45, 2.75) is 6.10 Å². The molecule has 37 heavy (non-hydrogen) atoms. The number of H-pyrrole nitrogens is 1. The Morgan fingerprint density at radius 2 is 1.73 bits per heavy atom. The van der Waals surface area contributed by atoms with E-state index in [1.807, 2.05) is 85.1 Å². The lowest BCUT2D eigenvalue weighted by Gasteiger charge is -2.28. The number of benzene rings is 4. The van der Waals surface area contributed by atoms with Crippen molar-refractivity contribution >= 4 is 28.0 Å². The monoisotopic (exact) mass is 489 g/mol. The number of hydrogen-bond donors (Lipinski definition) is 3. The molecule has 0 amide bonds. The number of aromatic amines is 1. The third-order valence-electron chi connectivity index (χ3n) is 6.77. The maximum Gasteiger partial charge on any atom is 0.160 e. The zero-order valence-electron chi connectivity index (χ0n) is 20.4. The SMILES string of the molecule is COc1cc(C2Oc3ccccc3N=C(c3c[nH]c4ccccc34)C2CNc2ccccc2)ccc1O. The van der Waals surface area contributed by atoms with Crippen LogP contribution in [0.25, 0.3) is 10.9 Å². The number of ether oxygens (including phenoxy) is 2. The summed E-state index contributed by atoms with van der Waals surface area (Å²) in [5, 5.41) is 15.0. The summed E-state index contributed by atoms with van der Waals surface area (Å²) in [6.07, 6.45) is 1.63. The molecule has 2 unspecified atom stereocenters. The number of anilines is 1. The van der Waals surface area contributed by atoms with Gasteiger partial charge in [-0.05, 0) is 48.0 Å². The molecule has 3 N–H and O–H groups in total. The molecule has 0 radical (unpaired) electrons. The Bertz CT molecular complexity index is 1580. The van der Waals surface area contributed by atoms with E-state index in [1.165, 1.54) is 0 Å². The Morgan fingerprint density at radius 1 is 0.946 bits per heavy atom. The summed E-state index contributed by atoms with van der Waals surface area (Å²) >= 11 is 0. The number of phenolic OH excluding ortho intramolecular Hbond substituents is 1. The van der Waals surface area contributed by atoms with E-state index in [4.69, 9.17) is 14.5 Å². The fourth-order valence-corrected chi connectivity index (χ4v) is 4.93. The molecular formula is C31H27N3O3. The smallest absolute Gasteiger partial charge is 0.160 e. The number of aromatic nitrogens is 1. The van der Waals surface area contributed by atoms with E-state index in [9.17, 15) is 5.11 Å². The minimum Gasteiger partial charge on any atom is -0.504 e. The number of nitrogens with one attached hydrogen (secondary N) is 2. The number of aromatic hydroxyl groups is 1. The van der Waals surface area contributed by atoms with Gasteiger partial charge in [-0.2, -0.15) is 0 Å². The van der Waals surface area contributed by atoms with Crippen molar-refractivity contribution in [1.29, 1.82) is 0 Å². The molecular weight excluding hydrogens is 462 g/mol. The van der Waals surface area contributed by atoms with Crippen LogP contribution in [0.3, 0.4) is 0 Å². The molecule has 184 valence electrons. The summed E-state index contributed by atoms with van der Waals surface area (Å²) in [7, 11) is 1.55. The zero-order chi connectivity index (χ0) is 25.2. The van der Waals surface area contributed by atoms with E-state index in [2.05, 4.69) is 22.4 Å². The van der Waals surface area contributed by atoms with Crippen LogP contribution >= 0.6 is 0 Å². The third kappa shape index (κ3) is 4.38. The van der Waals surface area contributed by atoms with Crippen molar-refractivity contribution in [3.05, 3.63) is 114 Å². The van der Waals surface area contributed by atoms with Crippen molar-refractivity contribution in [2.24, 2.45) is 10.9 Å². The number of hydrogen-bond acceptors (Lipinski definition) is 5. The first-order valence-electron chi connectivity index (χ1n) is 12.3. The Balaban J connectivity index is 1.53. The average Bonchev–Trinajstić information content (AvgIpc) is 3.30. The number of fused-ring (bicyclic) bond motifs is 2. The van der Waals surface area contributed by atoms with Crippen molar-refractivity contribution in [3.63, 3.8) is 0 Å². The summed E-state index contributed by atoms with van der Waals surface area (Å²) in [6.45, 7) is 0.574. The van der Waals surface area contributed by atoms with Crippen molar-refractivity contribution in [2.75, 3.05) is 19.0 Å². The molecule has 6 rings (SSSR count). The molecule has 6 nitrogen and oxygen atoms in total. The molecule has 0 fully saturated rings. The van der Waals surface area contributed by atoms with Gasteiger partial charge in [0, 0.05) is 34.9 Å². The van der Waals surface area contributed by atoms with E-state index < -0.39 is 6.10 Å². The Morgan fingerprint density at radius 3 is 2.59 bits per heavy atom. The van der Waals surface area contributed by atoms with E-state index in [1.54, 1.807) is 13.2 Å². The van der Waals surface area contributed by atoms with Crippen LogP contribution in [0.2, 0.25) is 0 Å². The maximum atomic E-state index is 10.3. The summed E-state index contributed by atoms with van der Waals surface area (Å²) in [5.41, 5.74) is 5.69. The van der Waals surface area contributed by atoms with Gasteiger partial charge in [-0.25, -0.2) is 4.99 Å². The van der Waals surface area contributed by atoms with Gasteiger partial charge in [0.1, 0.15) is 17.5 Å². The number of methoxy groups -OCH3 is 1. The van der Waals surface area contributed by atoms with Gasteiger partial charge in [-0.3, -0.25) is 0 Å².